The van der Waals surface area contributed by atoms with E-state index in [1.807, 2.05) is 25.5 Å². The highest BCUT2D eigenvalue weighted by Gasteiger charge is 2.19. The minimum Gasteiger partial charge on any atom is -0.342 e. The van der Waals surface area contributed by atoms with Crippen LogP contribution < -0.4 is 10.4 Å². The molecule has 0 saturated heterocycles. The molecule has 1 aliphatic rings. The molecule has 0 aliphatic heterocycles. The lowest BCUT2D eigenvalue weighted by atomic mass is 9.85. The first kappa shape index (κ1) is 11.2. The number of imidazole rings is 1. The minimum atomic E-state index is 0.514. The van der Waals surface area contributed by atoms with Crippen molar-refractivity contribution in [2.24, 2.45) is 5.92 Å². The van der Waals surface area contributed by atoms with E-state index in [0.717, 1.165) is 17.9 Å². The molecule has 3 rings (SSSR count). The first-order chi connectivity index (χ1) is 8.66. The maximum atomic E-state index is 4.32. The second kappa shape index (κ2) is 4.09. The molecule has 0 spiro atoms. The van der Waals surface area contributed by atoms with Gasteiger partial charge in [0.2, 0.25) is 0 Å². The van der Waals surface area contributed by atoms with Gasteiger partial charge >= 0.3 is 0 Å². The van der Waals surface area contributed by atoms with Gasteiger partial charge in [-0.25, -0.2) is 4.98 Å². The van der Waals surface area contributed by atoms with E-state index >= 15 is 0 Å². The van der Waals surface area contributed by atoms with Gasteiger partial charge in [0.1, 0.15) is 5.82 Å². The third-order valence-electron chi connectivity index (χ3n) is 3.67. The fraction of sp³-hybridized carbons (Fsp3) is 0.333. The van der Waals surface area contributed by atoms with E-state index in [1.165, 1.54) is 21.6 Å². The van der Waals surface area contributed by atoms with Gasteiger partial charge in [0, 0.05) is 12.4 Å². The molecule has 2 heterocycles. The second-order valence-corrected chi connectivity index (χ2v) is 5.10. The Bertz CT molecular complexity index is 709. The van der Waals surface area contributed by atoms with Crippen molar-refractivity contribution in [3.63, 3.8) is 0 Å². The van der Waals surface area contributed by atoms with Gasteiger partial charge in [0.05, 0.1) is 11.9 Å². The maximum Gasteiger partial charge on any atom is 0.103 e. The smallest absolute Gasteiger partial charge is 0.103 e. The summed E-state index contributed by atoms with van der Waals surface area (Å²) in [7, 11) is 0. The highest BCUT2D eigenvalue weighted by atomic mass is 14.9. The van der Waals surface area contributed by atoms with Crippen LogP contribution in [0.15, 0.2) is 24.7 Å². The monoisotopic (exact) mass is 239 g/mol. The standard InChI is InChI=1S/C15H17N3/c1-9-6-10(2)15(14-8-17-11(3)18-14)12-4-5-16-7-13(9)12/h4-5,7-8,10H,6H2,1-3H3,(H,17,18)/t10-/m1/s1. The topological polar surface area (TPSA) is 41.6 Å². The van der Waals surface area contributed by atoms with Crippen molar-refractivity contribution < 1.29 is 0 Å². The minimum absolute atomic E-state index is 0.514. The van der Waals surface area contributed by atoms with E-state index in [4.69, 9.17) is 0 Å². The molecule has 1 aliphatic carbocycles. The van der Waals surface area contributed by atoms with Gasteiger partial charge in [-0.05, 0) is 48.3 Å². The third-order valence-corrected chi connectivity index (χ3v) is 3.67. The maximum absolute atomic E-state index is 4.32. The number of hydrogen-bond donors (Lipinski definition) is 1. The van der Waals surface area contributed by atoms with E-state index in [-0.39, 0.29) is 0 Å². The molecule has 18 heavy (non-hydrogen) atoms. The molecule has 3 nitrogen and oxygen atoms in total. The highest BCUT2D eigenvalue weighted by molar-refractivity contribution is 5.68. The van der Waals surface area contributed by atoms with Crippen LogP contribution in [0.3, 0.4) is 0 Å². The Hall–Kier alpha value is -1.90. The Kier molecular flexibility index (Phi) is 2.54. The lowest BCUT2D eigenvalue weighted by Crippen LogP contribution is -2.35. The fourth-order valence-corrected chi connectivity index (χ4v) is 2.87. The summed E-state index contributed by atoms with van der Waals surface area (Å²) in [5.41, 5.74) is 3.92. The number of aromatic nitrogens is 3. The van der Waals surface area contributed by atoms with Crippen molar-refractivity contribution in [1.29, 1.82) is 0 Å². The lowest BCUT2D eigenvalue weighted by molar-refractivity contribution is 0.751. The van der Waals surface area contributed by atoms with Crippen LogP contribution in [0.4, 0.5) is 0 Å². The van der Waals surface area contributed by atoms with Crippen LogP contribution in [0.1, 0.15) is 31.8 Å². The van der Waals surface area contributed by atoms with Crippen molar-refractivity contribution in [2.45, 2.75) is 27.2 Å². The van der Waals surface area contributed by atoms with Gasteiger partial charge in [-0.15, -0.1) is 0 Å². The molecule has 1 atom stereocenters. The van der Waals surface area contributed by atoms with Crippen molar-refractivity contribution in [3.8, 4) is 0 Å². The van der Waals surface area contributed by atoms with Crippen LogP contribution in [-0.2, 0) is 0 Å². The van der Waals surface area contributed by atoms with Gasteiger partial charge in [-0.1, -0.05) is 12.5 Å². The van der Waals surface area contributed by atoms with Crippen LogP contribution in [0, 0.1) is 12.8 Å². The molecule has 0 amide bonds. The van der Waals surface area contributed by atoms with Crippen molar-refractivity contribution >= 4 is 11.1 Å². The summed E-state index contributed by atoms with van der Waals surface area (Å²) in [5.74, 6) is 1.48. The van der Waals surface area contributed by atoms with Crippen molar-refractivity contribution in [3.05, 3.63) is 46.6 Å². The molecule has 3 heteroatoms. The lowest BCUT2D eigenvalue weighted by Gasteiger charge is -2.20. The number of nitrogens with zero attached hydrogens (tertiary/aromatic N) is 2. The average molecular weight is 239 g/mol. The van der Waals surface area contributed by atoms with Gasteiger partial charge in [0.25, 0.3) is 0 Å². The fourth-order valence-electron chi connectivity index (χ4n) is 2.87. The summed E-state index contributed by atoms with van der Waals surface area (Å²) in [5, 5.41) is 2.57. The number of pyridine rings is 1. The second-order valence-electron chi connectivity index (χ2n) is 5.10. The van der Waals surface area contributed by atoms with Crippen LogP contribution in [0.25, 0.3) is 11.1 Å². The van der Waals surface area contributed by atoms with E-state index in [2.05, 4.69) is 34.9 Å². The van der Waals surface area contributed by atoms with Crippen LogP contribution in [0.2, 0.25) is 0 Å². The summed E-state index contributed by atoms with van der Waals surface area (Å²) < 4.78 is 0. The van der Waals surface area contributed by atoms with Gasteiger partial charge < -0.3 is 4.98 Å². The van der Waals surface area contributed by atoms with Crippen molar-refractivity contribution in [1.82, 2.24) is 15.0 Å². The van der Waals surface area contributed by atoms with E-state index < -0.39 is 0 Å². The number of fused-ring (bicyclic) bond motifs is 1. The van der Waals surface area contributed by atoms with Crippen LogP contribution in [-0.4, -0.2) is 15.0 Å². The average Bonchev–Trinajstić information content (AvgIpc) is 2.76. The Labute approximate surface area is 106 Å². The predicted molar refractivity (Wildman–Crippen MR) is 72.2 cm³/mol. The third kappa shape index (κ3) is 1.67. The largest absolute Gasteiger partial charge is 0.342 e. The van der Waals surface area contributed by atoms with Crippen LogP contribution in [0.5, 0.6) is 0 Å². The van der Waals surface area contributed by atoms with Gasteiger partial charge in [-0.2, -0.15) is 0 Å². The molecule has 0 unspecified atom stereocenters. The van der Waals surface area contributed by atoms with Crippen LogP contribution >= 0.6 is 0 Å². The van der Waals surface area contributed by atoms with E-state index in [0.29, 0.717) is 5.92 Å². The first-order valence-electron chi connectivity index (χ1n) is 6.33. The molecule has 0 bridgehead atoms. The predicted octanol–water partition coefficient (Wildman–Crippen LogP) is 1.52. The van der Waals surface area contributed by atoms with Crippen molar-refractivity contribution in [2.75, 3.05) is 0 Å². The first-order valence-corrected chi connectivity index (χ1v) is 6.33. The number of rotatable bonds is 1. The number of aryl methyl sites for hydroxylation is 1. The van der Waals surface area contributed by atoms with E-state index in [1.54, 1.807) is 0 Å². The molecular weight excluding hydrogens is 222 g/mol. The Morgan fingerprint density at radius 1 is 1.22 bits per heavy atom. The SMILES string of the molecule is CC1=c2cnccc2=C(c2cnc(C)[nH]2)[C@H](C)C1. The summed E-state index contributed by atoms with van der Waals surface area (Å²) >= 11 is 0. The Balaban J connectivity index is 2.40. The summed E-state index contributed by atoms with van der Waals surface area (Å²) in [6.07, 6.45) is 6.87. The highest BCUT2D eigenvalue weighted by Crippen LogP contribution is 2.26. The Morgan fingerprint density at radius 2 is 2.06 bits per heavy atom. The molecular formula is C15H17N3. The molecule has 92 valence electrons. The zero-order valence-electron chi connectivity index (χ0n) is 11.0. The normalized spacial score (nSPS) is 18.9. The number of H-pyrrole nitrogens is 1. The quantitative estimate of drug-likeness (QED) is 0.820. The molecule has 0 fully saturated rings. The summed E-state index contributed by atoms with van der Waals surface area (Å²) in [6.45, 7) is 6.47. The van der Waals surface area contributed by atoms with Gasteiger partial charge in [-0.3, -0.25) is 4.98 Å². The molecule has 0 aromatic carbocycles. The molecule has 0 saturated carbocycles. The molecule has 2 aromatic rings. The number of aromatic amines is 1. The van der Waals surface area contributed by atoms with E-state index in [9.17, 15) is 0 Å². The molecule has 2 aromatic heterocycles. The molecule has 1 N–H and O–H groups in total. The Morgan fingerprint density at radius 3 is 2.78 bits per heavy atom. The zero-order chi connectivity index (χ0) is 12.7. The number of hydrogen-bond acceptors (Lipinski definition) is 2. The summed E-state index contributed by atoms with van der Waals surface area (Å²) in [4.78, 5) is 11.9. The molecule has 0 radical (unpaired) electrons. The summed E-state index contributed by atoms with van der Waals surface area (Å²) in [6, 6.07) is 2.11. The van der Waals surface area contributed by atoms with Gasteiger partial charge in [0.15, 0.2) is 0 Å². The zero-order valence-corrected chi connectivity index (χ0v) is 11.0. The number of nitrogens with one attached hydrogen (secondary N) is 1.